The van der Waals surface area contributed by atoms with Gasteiger partial charge in [-0.3, -0.25) is 0 Å². The summed E-state index contributed by atoms with van der Waals surface area (Å²) < 4.78 is 5.61. The Morgan fingerprint density at radius 3 is 2.41 bits per heavy atom. The van der Waals surface area contributed by atoms with Crippen LogP contribution in [0.2, 0.25) is 0 Å². The molecule has 2 aromatic rings. The number of nitrogens with two attached hydrogens (primary N) is 1. The molecule has 0 fully saturated rings. The van der Waals surface area contributed by atoms with Crippen LogP contribution >= 0.6 is 0 Å². The van der Waals surface area contributed by atoms with Crippen LogP contribution in [0, 0.1) is 0 Å². The molecule has 17 heavy (non-hydrogen) atoms. The average molecular weight is 229 g/mol. The van der Waals surface area contributed by atoms with Gasteiger partial charge in [-0.05, 0) is 30.5 Å². The molecular weight excluding hydrogens is 210 g/mol. The molecule has 0 atom stereocenters. The van der Waals surface area contributed by atoms with Gasteiger partial charge in [0.05, 0.1) is 6.54 Å². The number of hydrogen-bond donors (Lipinski definition) is 1. The highest BCUT2D eigenvalue weighted by Crippen LogP contribution is 2.22. The highest BCUT2D eigenvalue weighted by Gasteiger charge is 2.03. The van der Waals surface area contributed by atoms with Crippen molar-refractivity contribution < 1.29 is 4.42 Å². The van der Waals surface area contributed by atoms with Gasteiger partial charge in [-0.1, -0.05) is 37.6 Å². The zero-order valence-electron chi connectivity index (χ0n) is 10.3. The van der Waals surface area contributed by atoms with Gasteiger partial charge in [0.1, 0.15) is 11.5 Å². The second-order valence-electron chi connectivity index (χ2n) is 4.27. The van der Waals surface area contributed by atoms with E-state index in [1.54, 1.807) is 0 Å². The summed E-state index contributed by atoms with van der Waals surface area (Å²) in [5.74, 6) is 1.72. The van der Waals surface area contributed by atoms with Crippen molar-refractivity contribution in [2.24, 2.45) is 5.73 Å². The Hall–Kier alpha value is -1.54. The normalized spacial score (nSPS) is 10.7. The molecule has 1 aromatic carbocycles. The smallest absolute Gasteiger partial charge is 0.134 e. The molecule has 2 N–H and O–H groups in total. The lowest BCUT2D eigenvalue weighted by atomic mass is 10.1. The zero-order valence-corrected chi connectivity index (χ0v) is 10.3. The fourth-order valence-corrected chi connectivity index (χ4v) is 1.86. The summed E-state index contributed by atoms with van der Waals surface area (Å²) >= 11 is 0. The van der Waals surface area contributed by atoms with E-state index in [1.165, 1.54) is 18.4 Å². The molecule has 0 amide bonds. The van der Waals surface area contributed by atoms with Crippen LogP contribution in [-0.4, -0.2) is 0 Å². The van der Waals surface area contributed by atoms with Gasteiger partial charge in [0.25, 0.3) is 0 Å². The van der Waals surface area contributed by atoms with Crippen molar-refractivity contribution in [3.63, 3.8) is 0 Å². The van der Waals surface area contributed by atoms with Gasteiger partial charge in [-0.15, -0.1) is 0 Å². The molecule has 2 heteroatoms. The Morgan fingerprint density at radius 1 is 1.06 bits per heavy atom. The van der Waals surface area contributed by atoms with Crippen molar-refractivity contribution in [2.75, 3.05) is 0 Å². The molecule has 0 aliphatic carbocycles. The lowest BCUT2D eigenvalue weighted by Crippen LogP contribution is -1.92. The fourth-order valence-electron chi connectivity index (χ4n) is 1.86. The minimum atomic E-state index is 0.453. The number of hydrogen-bond acceptors (Lipinski definition) is 2. The van der Waals surface area contributed by atoms with Crippen LogP contribution in [0.15, 0.2) is 40.8 Å². The third-order valence-corrected chi connectivity index (χ3v) is 2.92. The molecule has 90 valence electrons. The van der Waals surface area contributed by atoms with E-state index in [4.69, 9.17) is 10.2 Å². The van der Waals surface area contributed by atoms with E-state index in [1.807, 2.05) is 12.1 Å². The molecule has 1 aromatic heterocycles. The number of rotatable bonds is 5. The molecule has 2 nitrogen and oxygen atoms in total. The van der Waals surface area contributed by atoms with Gasteiger partial charge in [0.15, 0.2) is 0 Å². The van der Waals surface area contributed by atoms with E-state index < -0.39 is 0 Å². The van der Waals surface area contributed by atoms with E-state index in [2.05, 4.69) is 31.2 Å². The third kappa shape index (κ3) is 2.98. The van der Waals surface area contributed by atoms with E-state index in [9.17, 15) is 0 Å². The van der Waals surface area contributed by atoms with Gasteiger partial charge in [-0.2, -0.15) is 0 Å². The summed E-state index contributed by atoms with van der Waals surface area (Å²) in [4.78, 5) is 0. The number of unbranched alkanes of at least 4 members (excludes halogenated alkanes) is 1. The van der Waals surface area contributed by atoms with Crippen molar-refractivity contribution in [1.29, 1.82) is 0 Å². The molecule has 0 radical (unpaired) electrons. The third-order valence-electron chi connectivity index (χ3n) is 2.92. The van der Waals surface area contributed by atoms with E-state index in [0.29, 0.717) is 6.54 Å². The number of aryl methyl sites for hydroxylation is 1. The predicted molar refractivity (Wildman–Crippen MR) is 70.6 cm³/mol. The maximum absolute atomic E-state index is 5.61. The van der Waals surface area contributed by atoms with Crippen LogP contribution in [0.3, 0.4) is 0 Å². The average Bonchev–Trinajstić information content (AvgIpc) is 2.86. The van der Waals surface area contributed by atoms with Crippen molar-refractivity contribution in [1.82, 2.24) is 0 Å². The first-order valence-corrected chi connectivity index (χ1v) is 6.21. The standard InChI is InChI=1S/C15H19NO/c1-2-3-4-12-5-7-13(8-6-12)15-10-9-14(11-16)17-15/h5-10H,2-4,11,16H2,1H3. The molecule has 0 aliphatic heterocycles. The molecular formula is C15H19NO. The van der Waals surface area contributed by atoms with Crippen LogP contribution in [0.4, 0.5) is 0 Å². The van der Waals surface area contributed by atoms with Gasteiger partial charge in [0, 0.05) is 5.56 Å². The monoisotopic (exact) mass is 229 g/mol. The zero-order chi connectivity index (χ0) is 12.1. The molecule has 0 saturated heterocycles. The Labute approximate surface area is 102 Å². The lowest BCUT2D eigenvalue weighted by molar-refractivity contribution is 0.525. The first kappa shape index (κ1) is 11.9. The SMILES string of the molecule is CCCCc1ccc(-c2ccc(CN)o2)cc1. The van der Waals surface area contributed by atoms with E-state index in [0.717, 1.165) is 23.5 Å². The summed E-state index contributed by atoms with van der Waals surface area (Å²) in [6, 6.07) is 12.5. The second-order valence-corrected chi connectivity index (χ2v) is 4.27. The minimum absolute atomic E-state index is 0.453. The molecule has 0 spiro atoms. The largest absolute Gasteiger partial charge is 0.460 e. The van der Waals surface area contributed by atoms with Gasteiger partial charge in [0.2, 0.25) is 0 Å². The highest BCUT2D eigenvalue weighted by molar-refractivity contribution is 5.57. The summed E-state index contributed by atoms with van der Waals surface area (Å²) in [5.41, 5.74) is 8.03. The van der Waals surface area contributed by atoms with Crippen LogP contribution in [0.1, 0.15) is 31.1 Å². The predicted octanol–water partition coefficient (Wildman–Crippen LogP) is 3.75. The van der Waals surface area contributed by atoms with Crippen molar-refractivity contribution in [2.45, 2.75) is 32.7 Å². The van der Waals surface area contributed by atoms with Crippen molar-refractivity contribution in [3.05, 3.63) is 47.7 Å². The van der Waals surface area contributed by atoms with E-state index >= 15 is 0 Å². The van der Waals surface area contributed by atoms with Crippen LogP contribution in [0.5, 0.6) is 0 Å². The second kappa shape index (κ2) is 5.69. The number of benzene rings is 1. The van der Waals surface area contributed by atoms with Crippen molar-refractivity contribution in [3.8, 4) is 11.3 Å². The quantitative estimate of drug-likeness (QED) is 0.848. The summed E-state index contributed by atoms with van der Waals surface area (Å²) in [6.07, 6.45) is 3.64. The first-order valence-electron chi connectivity index (χ1n) is 6.21. The lowest BCUT2D eigenvalue weighted by Gasteiger charge is -2.01. The Balaban J connectivity index is 2.11. The molecule has 0 aliphatic rings. The fraction of sp³-hybridized carbons (Fsp3) is 0.333. The van der Waals surface area contributed by atoms with Gasteiger partial charge >= 0.3 is 0 Å². The molecule has 0 bridgehead atoms. The molecule has 0 unspecified atom stereocenters. The summed E-state index contributed by atoms with van der Waals surface area (Å²) in [5, 5.41) is 0. The highest BCUT2D eigenvalue weighted by atomic mass is 16.3. The molecule has 1 heterocycles. The van der Waals surface area contributed by atoms with E-state index in [-0.39, 0.29) is 0 Å². The topological polar surface area (TPSA) is 39.2 Å². The maximum atomic E-state index is 5.61. The Kier molecular flexibility index (Phi) is 3.99. The van der Waals surface area contributed by atoms with Crippen LogP contribution < -0.4 is 5.73 Å². The van der Waals surface area contributed by atoms with Crippen molar-refractivity contribution >= 4 is 0 Å². The summed E-state index contributed by atoms with van der Waals surface area (Å²) in [6.45, 7) is 2.67. The molecule has 0 saturated carbocycles. The number of furan rings is 1. The summed E-state index contributed by atoms with van der Waals surface area (Å²) in [7, 11) is 0. The maximum Gasteiger partial charge on any atom is 0.134 e. The molecule has 2 rings (SSSR count). The Morgan fingerprint density at radius 2 is 1.82 bits per heavy atom. The van der Waals surface area contributed by atoms with Gasteiger partial charge < -0.3 is 10.2 Å². The van der Waals surface area contributed by atoms with Crippen LogP contribution in [0.25, 0.3) is 11.3 Å². The van der Waals surface area contributed by atoms with Gasteiger partial charge in [-0.25, -0.2) is 0 Å². The Bertz CT molecular complexity index is 456. The minimum Gasteiger partial charge on any atom is -0.460 e. The first-order chi connectivity index (χ1) is 8.33. The van der Waals surface area contributed by atoms with Crippen LogP contribution in [-0.2, 0) is 13.0 Å².